The van der Waals surface area contributed by atoms with Gasteiger partial charge >= 0.3 is 0 Å². The summed E-state index contributed by atoms with van der Waals surface area (Å²) in [6, 6.07) is 1.84. The number of amides is 1. The highest BCUT2D eigenvalue weighted by Gasteiger charge is 2.37. The van der Waals surface area contributed by atoms with Crippen LogP contribution in [0.5, 0.6) is 0 Å². The molecule has 1 aromatic heterocycles. The molecule has 0 spiro atoms. The second-order valence-corrected chi connectivity index (χ2v) is 6.03. The molecule has 3 nitrogen and oxygen atoms in total. The molecular formula is C12H15BrN2O. The van der Waals surface area contributed by atoms with Gasteiger partial charge in [0.25, 0.3) is 5.91 Å². The number of halogens is 1. The Morgan fingerprint density at radius 2 is 2.12 bits per heavy atom. The third-order valence-corrected chi connectivity index (χ3v) is 3.24. The molecule has 2 heterocycles. The van der Waals surface area contributed by atoms with Crippen LogP contribution in [-0.4, -0.2) is 28.9 Å². The minimum absolute atomic E-state index is 0.0885. The van der Waals surface area contributed by atoms with E-state index in [2.05, 4.69) is 34.8 Å². The molecule has 0 atom stereocenters. The van der Waals surface area contributed by atoms with Gasteiger partial charge in [0.2, 0.25) is 0 Å². The lowest BCUT2D eigenvalue weighted by atomic mass is 9.84. The van der Waals surface area contributed by atoms with Gasteiger partial charge in [-0.3, -0.25) is 9.78 Å². The molecule has 0 aromatic carbocycles. The maximum atomic E-state index is 12.2. The van der Waals surface area contributed by atoms with E-state index in [0.29, 0.717) is 5.56 Å². The Bertz CT molecular complexity index is 435. The molecule has 16 heavy (non-hydrogen) atoms. The summed E-state index contributed by atoms with van der Waals surface area (Å²) in [6.07, 6.45) is 1.71. The third kappa shape index (κ3) is 2.12. The fourth-order valence-corrected chi connectivity index (χ4v) is 2.36. The Kier molecular flexibility index (Phi) is 2.78. The van der Waals surface area contributed by atoms with E-state index in [1.165, 1.54) is 0 Å². The number of aromatic nitrogens is 1. The Morgan fingerprint density at radius 3 is 2.69 bits per heavy atom. The molecule has 0 unspecified atom stereocenters. The van der Waals surface area contributed by atoms with Gasteiger partial charge in [0, 0.05) is 23.8 Å². The highest BCUT2D eigenvalue weighted by atomic mass is 79.9. The van der Waals surface area contributed by atoms with Gasteiger partial charge < -0.3 is 4.90 Å². The summed E-state index contributed by atoms with van der Waals surface area (Å²) in [4.78, 5) is 18.2. The zero-order chi connectivity index (χ0) is 11.9. The number of carbonyl (C=O) groups excluding carboxylic acids is 1. The second kappa shape index (κ2) is 3.84. The molecular weight excluding hydrogens is 268 g/mol. The molecule has 1 aliphatic rings. The van der Waals surface area contributed by atoms with Crippen LogP contribution in [0.4, 0.5) is 0 Å². The molecule has 0 N–H and O–H groups in total. The van der Waals surface area contributed by atoms with E-state index < -0.39 is 0 Å². The lowest BCUT2D eigenvalue weighted by molar-refractivity contribution is 0.0235. The summed E-state index contributed by atoms with van der Waals surface area (Å²) in [5, 5.41) is 0. The number of hydrogen-bond donors (Lipinski definition) is 0. The number of nitrogens with zero attached hydrogens (tertiary/aromatic N) is 2. The van der Waals surface area contributed by atoms with E-state index in [1.807, 2.05) is 17.9 Å². The topological polar surface area (TPSA) is 33.2 Å². The third-order valence-electron chi connectivity index (χ3n) is 2.81. The first-order chi connectivity index (χ1) is 7.39. The molecule has 1 amide bonds. The molecule has 86 valence electrons. The first kappa shape index (κ1) is 11.6. The van der Waals surface area contributed by atoms with Crippen LogP contribution in [-0.2, 0) is 0 Å². The highest BCUT2D eigenvalue weighted by molar-refractivity contribution is 9.10. The van der Waals surface area contributed by atoms with Crippen LogP contribution in [0.1, 0.15) is 29.9 Å². The van der Waals surface area contributed by atoms with E-state index in [4.69, 9.17) is 0 Å². The van der Waals surface area contributed by atoms with Crippen LogP contribution in [0.3, 0.4) is 0 Å². The Labute approximate surface area is 104 Å². The van der Waals surface area contributed by atoms with Crippen molar-refractivity contribution in [2.45, 2.75) is 20.8 Å². The van der Waals surface area contributed by atoms with Gasteiger partial charge in [0.15, 0.2) is 0 Å². The van der Waals surface area contributed by atoms with Crippen molar-refractivity contribution in [3.05, 3.63) is 28.0 Å². The summed E-state index contributed by atoms with van der Waals surface area (Å²) in [5.74, 6) is 0.0885. The second-order valence-electron chi connectivity index (χ2n) is 5.11. The summed E-state index contributed by atoms with van der Waals surface area (Å²) >= 11 is 3.34. The lowest BCUT2D eigenvalue weighted by Gasteiger charge is -2.45. The summed E-state index contributed by atoms with van der Waals surface area (Å²) in [5.41, 5.74) is 1.76. The van der Waals surface area contributed by atoms with Crippen LogP contribution in [0, 0.1) is 12.3 Å². The molecule has 0 aliphatic carbocycles. The minimum Gasteiger partial charge on any atom is -0.337 e. The SMILES string of the molecule is Cc1ncc(Br)cc1C(=O)N1CC(C)(C)C1. The Hall–Kier alpha value is -0.900. The van der Waals surface area contributed by atoms with Gasteiger partial charge in [-0.1, -0.05) is 13.8 Å². The number of carbonyl (C=O) groups is 1. The van der Waals surface area contributed by atoms with Gasteiger partial charge in [-0.15, -0.1) is 0 Å². The number of pyridine rings is 1. The van der Waals surface area contributed by atoms with E-state index in [0.717, 1.165) is 23.3 Å². The number of hydrogen-bond acceptors (Lipinski definition) is 2. The summed E-state index contributed by atoms with van der Waals surface area (Å²) < 4.78 is 0.848. The summed E-state index contributed by atoms with van der Waals surface area (Å²) in [6.45, 7) is 7.87. The zero-order valence-corrected chi connectivity index (χ0v) is 11.3. The van der Waals surface area contributed by atoms with Crippen molar-refractivity contribution >= 4 is 21.8 Å². The molecule has 1 aromatic rings. The minimum atomic E-state index is 0.0885. The van der Waals surface area contributed by atoms with Crippen molar-refractivity contribution in [1.29, 1.82) is 0 Å². The first-order valence-corrected chi connectivity index (χ1v) is 6.10. The van der Waals surface area contributed by atoms with Crippen molar-refractivity contribution < 1.29 is 4.79 Å². The molecule has 0 bridgehead atoms. The van der Waals surface area contributed by atoms with Gasteiger partial charge in [0.05, 0.1) is 11.3 Å². The smallest absolute Gasteiger partial charge is 0.255 e. The highest BCUT2D eigenvalue weighted by Crippen LogP contribution is 2.30. The molecule has 1 saturated heterocycles. The monoisotopic (exact) mass is 282 g/mol. The maximum Gasteiger partial charge on any atom is 0.255 e. The zero-order valence-electron chi connectivity index (χ0n) is 9.75. The fourth-order valence-electron chi connectivity index (χ4n) is 2.03. The lowest BCUT2D eigenvalue weighted by Crippen LogP contribution is -2.55. The van der Waals surface area contributed by atoms with Gasteiger partial charge in [-0.2, -0.15) is 0 Å². The van der Waals surface area contributed by atoms with E-state index in [-0.39, 0.29) is 11.3 Å². The number of likely N-dealkylation sites (tertiary alicyclic amines) is 1. The quantitative estimate of drug-likeness (QED) is 0.793. The largest absolute Gasteiger partial charge is 0.337 e. The van der Waals surface area contributed by atoms with Gasteiger partial charge in [-0.05, 0) is 34.3 Å². The fraction of sp³-hybridized carbons (Fsp3) is 0.500. The molecule has 0 radical (unpaired) electrons. The van der Waals surface area contributed by atoms with Gasteiger partial charge in [0.1, 0.15) is 0 Å². The van der Waals surface area contributed by atoms with Crippen molar-refractivity contribution in [2.75, 3.05) is 13.1 Å². The molecule has 4 heteroatoms. The Morgan fingerprint density at radius 1 is 1.50 bits per heavy atom. The summed E-state index contributed by atoms with van der Waals surface area (Å²) in [7, 11) is 0. The molecule has 0 saturated carbocycles. The molecule has 1 aliphatic heterocycles. The van der Waals surface area contributed by atoms with Crippen molar-refractivity contribution in [3.63, 3.8) is 0 Å². The maximum absolute atomic E-state index is 12.2. The van der Waals surface area contributed by atoms with Crippen LogP contribution >= 0.6 is 15.9 Å². The first-order valence-electron chi connectivity index (χ1n) is 5.30. The predicted octanol–water partition coefficient (Wildman–Crippen LogP) is 2.63. The van der Waals surface area contributed by atoms with Crippen molar-refractivity contribution in [3.8, 4) is 0 Å². The standard InChI is InChI=1S/C12H15BrN2O/c1-8-10(4-9(13)5-14-8)11(16)15-6-12(2,3)7-15/h4-5H,6-7H2,1-3H3. The number of rotatable bonds is 1. The van der Waals surface area contributed by atoms with Gasteiger partial charge in [-0.25, -0.2) is 0 Å². The average Bonchev–Trinajstić information content (AvgIpc) is 2.17. The van der Waals surface area contributed by atoms with Crippen LogP contribution in [0.2, 0.25) is 0 Å². The molecule has 2 rings (SSSR count). The van der Waals surface area contributed by atoms with E-state index in [9.17, 15) is 4.79 Å². The van der Waals surface area contributed by atoms with E-state index in [1.54, 1.807) is 6.20 Å². The Balaban J connectivity index is 2.19. The van der Waals surface area contributed by atoms with Crippen LogP contribution < -0.4 is 0 Å². The predicted molar refractivity (Wildman–Crippen MR) is 66.4 cm³/mol. The number of aryl methyl sites for hydroxylation is 1. The molecule has 1 fully saturated rings. The van der Waals surface area contributed by atoms with Crippen molar-refractivity contribution in [1.82, 2.24) is 9.88 Å². The van der Waals surface area contributed by atoms with E-state index >= 15 is 0 Å². The normalized spacial score (nSPS) is 18.1. The average molecular weight is 283 g/mol. The van der Waals surface area contributed by atoms with Crippen molar-refractivity contribution in [2.24, 2.45) is 5.41 Å². The van der Waals surface area contributed by atoms with Crippen LogP contribution in [0.15, 0.2) is 16.7 Å². The van der Waals surface area contributed by atoms with Crippen LogP contribution in [0.25, 0.3) is 0 Å².